The molecule has 0 aliphatic heterocycles. The maximum absolute atomic E-state index is 10.8. The fraction of sp³-hybridized carbons (Fsp3) is 0.222. The highest BCUT2D eigenvalue weighted by Crippen LogP contribution is 2.13. The van der Waals surface area contributed by atoms with Gasteiger partial charge in [0.25, 0.3) is 0 Å². The van der Waals surface area contributed by atoms with Crippen LogP contribution in [0.3, 0.4) is 0 Å². The lowest BCUT2D eigenvalue weighted by Gasteiger charge is -2.18. The number of carbonyl (C=O) groups is 2. The third kappa shape index (κ3) is 6.10. The van der Waals surface area contributed by atoms with Crippen molar-refractivity contribution in [1.29, 1.82) is 0 Å². The van der Waals surface area contributed by atoms with Crippen LogP contribution in [0.5, 0.6) is 5.75 Å². The summed E-state index contributed by atoms with van der Waals surface area (Å²) >= 11 is 0. The van der Waals surface area contributed by atoms with Gasteiger partial charge in [-0.2, -0.15) is 0 Å². The second-order valence-corrected chi connectivity index (χ2v) is 5.35. The van der Waals surface area contributed by atoms with Gasteiger partial charge in [-0.1, -0.05) is 42.5 Å². The lowest BCUT2D eigenvalue weighted by atomic mass is 10.1. The number of aliphatic carboxylic acids is 2. The van der Waals surface area contributed by atoms with Crippen LogP contribution >= 0.6 is 0 Å². The van der Waals surface area contributed by atoms with Crippen LogP contribution in [-0.2, 0) is 22.7 Å². The monoisotopic (exact) mass is 329 g/mol. The van der Waals surface area contributed by atoms with Crippen molar-refractivity contribution in [2.75, 3.05) is 13.1 Å². The van der Waals surface area contributed by atoms with E-state index >= 15 is 0 Å². The van der Waals surface area contributed by atoms with Gasteiger partial charge in [-0.05, 0) is 23.3 Å². The van der Waals surface area contributed by atoms with Crippen molar-refractivity contribution in [3.05, 3.63) is 65.7 Å². The van der Waals surface area contributed by atoms with E-state index in [-0.39, 0.29) is 19.6 Å². The molecule has 0 radical (unpaired) electrons. The van der Waals surface area contributed by atoms with E-state index < -0.39 is 11.9 Å². The van der Waals surface area contributed by atoms with Crippen LogP contribution in [-0.4, -0.2) is 40.1 Å². The second-order valence-electron chi connectivity index (χ2n) is 5.35. The first-order chi connectivity index (χ1) is 11.5. The number of para-hydroxylation sites is 1. The molecule has 126 valence electrons. The molecule has 2 N–H and O–H groups in total. The molecule has 0 saturated carbocycles. The maximum atomic E-state index is 10.8. The number of carboxylic acids is 2. The van der Waals surface area contributed by atoms with Crippen LogP contribution in [0.25, 0.3) is 0 Å². The third-order valence-electron chi connectivity index (χ3n) is 3.30. The lowest BCUT2D eigenvalue weighted by Crippen LogP contribution is -2.33. The fourth-order valence-corrected chi connectivity index (χ4v) is 2.23. The minimum Gasteiger partial charge on any atom is -0.489 e. The topological polar surface area (TPSA) is 87.1 Å². The van der Waals surface area contributed by atoms with Gasteiger partial charge >= 0.3 is 11.9 Å². The predicted octanol–water partition coefficient (Wildman–Crippen LogP) is 2.24. The van der Waals surface area contributed by atoms with Crippen molar-refractivity contribution >= 4 is 11.9 Å². The minimum absolute atomic E-state index is 0.262. The van der Waals surface area contributed by atoms with Crippen LogP contribution in [0.4, 0.5) is 0 Å². The van der Waals surface area contributed by atoms with E-state index in [1.54, 1.807) is 0 Å². The van der Waals surface area contributed by atoms with Gasteiger partial charge in [0.05, 0.1) is 13.1 Å². The summed E-state index contributed by atoms with van der Waals surface area (Å²) in [6, 6.07) is 16.9. The molecule has 0 unspecified atom stereocenters. The predicted molar refractivity (Wildman–Crippen MR) is 87.8 cm³/mol. The molecule has 0 amide bonds. The zero-order chi connectivity index (χ0) is 17.4. The molecule has 0 spiro atoms. The van der Waals surface area contributed by atoms with Crippen molar-refractivity contribution in [1.82, 2.24) is 4.90 Å². The first kappa shape index (κ1) is 17.5. The Morgan fingerprint density at radius 1 is 0.833 bits per heavy atom. The normalized spacial score (nSPS) is 10.5. The largest absolute Gasteiger partial charge is 0.489 e. The summed E-state index contributed by atoms with van der Waals surface area (Å²) in [4.78, 5) is 23.0. The Morgan fingerprint density at radius 2 is 1.38 bits per heavy atom. The van der Waals surface area contributed by atoms with E-state index in [0.717, 1.165) is 16.9 Å². The molecule has 0 aliphatic rings. The van der Waals surface area contributed by atoms with Crippen LogP contribution in [0.2, 0.25) is 0 Å². The smallest absolute Gasteiger partial charge is 0.317 e. The van der Waals surface area contributed by atoms with Gasteiger partial charge in [-0.15, -0.1) is 0 Å². The SMILES string of the molecule is O=C(O)CN(CC(=O)O)Cc1ccc(COc2ccccc2)cc1. The number of hydrogen-bond donors (Lipinski definition) is 2. The fourth-order valence-electron chi connectivity index (χ4n) is 2.23. The van der Waals surface area contributed by atoms with E-state index in [9.17, 15) is 9.59 Å². The van der Waals surface area contributed by atoms with Gasteiger partial charge in [0.1, 0.15) is 12.4 Å². The third-order valence-corrected chi connectivity index (χ3v) is 3.30. The van der Waals surface area contributed by atoms with Gasteiger partial charge in [0, 0.05) is 6.54 Å². The molecule has 0 fully saturated rings. The quantitative estimate of drug-likeness (QED) is 0.734. The van der Waals surface area contributed by atoms with Crippen LogP contribution < -0.4 is 4.74 Å². The number of nitrogens with zero attached hydrogens (tertiary/aromatic N) is 1. The Bertz CT molecular complexity index is 654. The van der Waals surface area contributed by atoms with Crippen molar-refractivity contribution < 1.29 is 24.5 Å². The zero-order valence-corrected chi connectivity index (χ0v) is 13.1. The second kappa shape index (κ2) is 8.69. The summed E-state index contributed by atoms with van der Waals surface area (Å²) in [7, 11) is 0. The Balaban J connectivity index is 1.92. The molecule has 6 heteroatoms. The summed E-state index contributed by atoms with van der Waals surface area (Å²) in [5.41, 5.74) is 1.83. The van der Waals surface area contributed by atoms with Gasteiger partial charge < -0.3 is 14.9 Å². The van der Waals surface area contributed by atoms with E-state index in [4.69, 9.17) is 14.9 Å². The number of ether oxygens (including phenoxy) is 1. The van der Waals surface area contributed by atoms with Gasteiger partial charge in [-0.25, -0.2) is 0 Å². The molecule has 6 nitrogen and oxygen atoms in total. The molecule has 0 saturated heterocycles. The Kier molecular flexibility index (Phi) is 6.33. The molecule has 0 atom stereocenters. The van der Waals surface area contributed by atoms with Crippen LogP contribution in [0, 0.1) is 0 Å². The van der Waals surface area contributed by atoms with Crippen molar-refractivity contribution in [3.63, 3.8) is 0 Å². The Morgan fingerprint density at radius 3 is 1.92 bits per heavy atom. The van der Waals surface area contributed by atoms with Crippen LogP contribution in [0.1, 0.15) is 11.1 Å². The average molecular weight is 329 g/mol. The molecule has 0 aliphatic carbocycles. The van der Waals surface area contributed by atoms with E-state index in [1.807, 2.05) is 54.6 Å². The molecule has 0 aromatic heterocycles. The maximum Gasteiger partial charge on any atom is 0.317 e. The molecular formula is C18H19NO5. The molecule has 0 bridgehead atoms. The van der Waals surface area contributed by atoms with Gasteiger partial charge in [0.2, 0.25) is 0 Å². The van der Waals surface area contributed by atoms with Crippen molar-refractivity contribution in [2.24, 2.45) is 0 Å². The molecule has 0 heterocycles. The molecule has 24 heavy (non-hydrogen) atoms. The van der Waals surface area contributed by atoms with E-state index in [0.29, 0.717) is 6.61 Å². The summed E-state index contributed by atoms with van der Waals surface area (Å²) in [5.74, 6) is -1.32. The number of carboxylic acid groups (broad SMARTS) is 2. The molecule has 2 aromatic rings. The lowest BCUT2D eigenvalue weighted by molar-refractivity contribution is -0.142. The standard InChI is InChI=1S/C18H19NO5/c20-17(21)11-19(12-18(22)23)10-14-6-8-15(9-7-14)13-24-16-4-2-1-3-5-16/h1-9H,10-13H2,(H,20,21)(H,22,23). The van der Waals surface area contributed by atoms with E-state index in [2.05, 4.69) is 0 Å². The highest BCUT2D eigenvalue weighted by Gasteiger charge is 2.13. The van der Waals surface area contributed by atoms with E-state index in [1.165, 1.54) is 4.90 Å². The Hall–Kier alpha value is -2.86. The molecule has 2 rings (SSSR count). The average Bonchev–Trinajstić information content (AvgIpc) is 2.54. The molecule has 2 aromatic carbocycles. The minimum atomic E-state index is -1.05. The first-order valence-corrected chi connectivity index (χ1v) is 7.44. The summed E-state index contributed by atoms with van der Waals surface area (Å²) in [5, 5.41) is 17.7. The Labute approximate surface area is 139 Å². The highest BCUT2D eigenvalue weighted by molar-refractivity contribution is 5.72. The number of benzene rings is 2. The number of hydrogen-bond acceptors (Lipinski definition) is 4. The van der Waals surface area contributed by atoms with Crippen LogP contribution in [0.15, 0.2) is 54.6 Å². The zero-order valence-electron chi connectivity index (χ0n) is 13.1. The van der Waals surface area contributed by atoms with Crippen molar-refractivity contribution in [3.8, 4) is 5.75 Å². The number of rotatable bonds is 9. The molecular weight excluding hydrogens is 310 g/mol. The van der Waals surface area contributed by atoms with Crippen molar-refractivity contribution in [2.45, 2.75) is 13.2 Å². The summed E-state index contributed by atoms with van der Waals surface area (Å²) in [6.45, 7) is 0.0625. The van der Waals surface area contributed by atoms with Gasteiger partial charge in [-0.3, -0.25) is 14.5 Å². The summed E-state index contributed by atoms with van der Waals surface area (Å²) < 4.78 is 5.65. The first-order valence-electron chi connectivity index (χ1n) is 7.44. The highest BCUT2D eigenvalue weighted by atomic mass is 16.5. The summed E-state index contributed by atoms with van der Waals surface area (Å²) in [6.07, 6.45) is 0. The van der Waals surface area contributed by atoms with Gasteiger partial charge in [0.15, 0.2) is 0 Å².